The Morgan fingerprint density at radius 3 is 3.15 bits per heavy atom. The third kappa shape index (κ3) is 3.70. The fourth-order valence-corrected chi connectivity index (χ4v) is 3.18. The second-order valence-electron chi connectivity index (χ2n) is 6.44. The number of aromatic nitrogens is 6. The minimum atomic E-state index is -0.144. The summed E-state index contributed by atoms with van der Waals surface area (Å²) in [6, 6.07) is 3.70. The molecular formula is C17H20N8O2. The zero-order valence-corrected chi connectivity index (χ0v) is 14.7. The number of amides is 1. The van der Waals surface area contributed by atoms with Gasteiger partial charge in [-0.2, -0.15) is 4.98 Å². The van der Waals surface area contributed by atoms with Crippen molar-refractivity contribution in [1.29, 1.82) is 0 Å². The van der Waals surface area contributed by atoms with Gasteiger partial charge in [0.05, 0.1) is 18.7 Å². The zero-order valence-electron chi connectivity index (χ0n) is 14.7. The molecule has 0 aromatic carbocycles. The molecule has 1 aliphatic heterocycles. The predicted octanol–water partition coefficient (Wildman–Crippen LogP) is 0.702. The molecule has 1 saturated heterocycles. The van der Waals surface area contributed by atoms with Crippen molar-refractivity contribution in [3.05, 3.63) is 42.3 Å². The van der Waals surface area contributed by atoms with Crippen LogP contribution in [-0.2, 0) is 6.54 Å². The Morgan fingerprint density at radius 2 is 2.33 bits per heavy atom. The molecule has 0 spiro atoms. The number of hydrogen-bond donors (Lipinski definition) is 1. The number of piperidine rings is 1. The third-order valence-electron chi connectivity index (χ3n) is 4.54. The van der Waals surface area contributed by atoms with Crippen LogP contribution in [0.4, 0.5) is 0 Å². The van der Waals surface area contributed by atoms with Crippen molar-refractivity contribution in [2.75, 3.05) is 19.6 Å². The van der Waals surface area contributed by atoms with Crippen molar-refractivity contribution in [2.45, 2.75) is 25.3 Å². The average Bonchev–Trinajstić information content (AvgIpc) is 3.39. The standard InChI is InChI=1S/C17H20N8O2/c18-5-8-25-11-14(21-23-25)17(26)24-7-2-4-13(10-24)16-20-15(22-27-16)12-3-1-6-19-9-12/h1,3,6,9,11,13H,2,4-5,7-8,10,18H2/t13-/m1/s1. The molecule has 10 heteroatoms. The van der Waals surface area contributed by atoms with Crippen LogP contribution in [0, 0.1) is 0 Å². The summed E-state index contributed by atoms with van der Waals surface area (Å²) in [7, 11) is 0. The van der Waals surface area contributed by atoms with Gasteiger partial charge in [-0.3, -0.25) is 14.5 Å². The molecule has 0 bridgehead atoms. The van der Waals surface area contributed by atoms with E-state index in [1.54, 1.807) is 28.2 Å². The number of pyridine rings is 1. The zero-order chi connectivity index (χ0) is 18.6. The molecule has 140 valence electrons. The second kappa shape index (κ2) is 7.62. The quantitative estimate of drug-likeness (QED) is 0.697. The summed E-state index contributed by atoms with van der Waals surface area (Å²) in [5.74, 6) is 0.902. The molecular weight excluding hydrogens is 348 g/mol. The Morgan fingerprint density at radius 1 is 1.41 bits per heavy atom. The first-order valence-corrected chi connectivity index (χ1v) is 8.88. The summed E-state index contributed by atoms with van der Waals surface area (Å²) in [4.78, 5) is 23.1. The molecule has 0 unspecified atom stereocenters. The van der Waals surface area contributed by atoms with E-state index in [9.17, 15) is 4.79 Å². The Bertz CT molecular complexity index is 907. The number of carbonyl (C=O) groups excluding carboxylic acids is 1. The molecule has 3 aromatic heterocycles. The molecule has 0 radical (unpaired) electrons. The highest BCUT2D eigenvalue weighted by molar-refractivity contribution is 5.92. The van der Waals surface area contributed by atoms with Crippen LogP contribution in [0.5, 0.6) is 0 Å². The van der Waals surface area contributed by atoms with Gasteiger partial charge in [-0.25, -0.2) is 0 Å². The SMILES string of the molecule is NCCn1cc(C(=O)N2CCC[C@@H](c3nc(-c4cccnc4)no3)C2)nn1. The second-order valence-corrected chi connectivity index (χ2v) is 6.44. The van der Waals surface area contributed by atoms with Gasteiger partial charge < -0.3 is 15.2 Å². The minimum absolute atomic E-state index is 0.000270. The summed E-state index contributed by atoms with van der Waals surface area (Å²) in [5.41, 5.74) is 6.63. The number of hydrogen-bond acceptors (Lipinski definition) is 8. The fourth-order valence-electron chi connectivity index (χ4n) is 3.18. The van der Waals surface area contributed by atoms with Crippen LogP contribution in [0.25, 0.3) is 11.4 Å². The number of likely N-dealkylation sites (tertiary alicyclic amines) is 1. The van der Waals surface area contributed by atoms with Crippen molar-refractivity contribution >= 4 is 5.91 Å². The molecule has 1 aliphatic rings. The van der Waals surface area contributed by atoms with E-state index < -0.39 is 0 Å². The Hall–Kier alpha value is -3.14. The fraction of sp³-hybridized carbons (Fsp3) is 0.412. The summed E-state index contributed by atoms with van der Waals surface area (Å²) in [6.45, 7) is 2.15. The summed E-state index contributed by atoms with van der Waals surface area (Å²) in [5, 5.41) is 11.9. The van der Waals surface area contributed by atoms with Crippen LogP contribution in [0.2, 0.25) is 0 Å². The van der Waals surface area contributed by atoms with Gasteiger partial charge in [0.25, 0.3) is 5.91 Å². The average molecular weight is 368 g/mol. The molecule has 4 heterocycles. The maximum atomic E-state index is 12.7. The lowest BCUT2D eigenvalue weighted by atomic mass is 9.97. The predicted molar refractivity (Wildman–Crippen MR) is 94.5 cm³/mol. The smallest absolute Gasteiger partial charge is 0.276 e. The minimum Gasteiger partial charge on any atom is -0.339 e. The van der Waals surface area contributed by atoms with E-state index in [-0.39, 0.29) is 11.8 Å². The van der Waals surface area contributed by atoms with Crippen LogP contribution in [0.1, 0.15) is 35.1 Å². The molecule has 27 heavy (non-hydrogen) atoms. The summed E-state index contributed by atoms with van der Waals surface area (Å²) >= 11 is 0. The topological polar surface area (TPSA) is 129 Å². The van der Waals surface area contributed by atoms with Gasteiger partial charge in [-0.1, -0.05) is 10.4 Å². The molecule has 0 aliphatic carbocycles. The van der Waals surface area contributed by atoms with Gasteiger partial charge >= 0.3 is 0 Å². The van der Waals surface area contributed by atoms with Crippen LogP contribution in [0.3, 0.4) is 0 Å². The van der Waals surface area contributed by atoms with Gasteiger partial charge in [0, 0.05) is 37.6 Å². The maximum absolute atomic E-state index is 12.7. The maximum Gasteiger partial charge on any atom is 0.276 e. The number of nitrogens with zero attached hydrogens (tertiary/aromatic N) is 7. The lowest BCUT2D eigenvalue weighted by Crippen LogP contribution is -2.39. The molecule has 1 atom stereocenters. The Labute approximate surface area is 155 Å². The highest BCUT2D eigenvalue weighted by Gasteiger charge is 2.30. The number of nitrogens with two attached hydrogens (primary N) is 1. The highest BCUT2D eigenvalue weighted by atomic mass is 16.5. The molecule has 2 N–H and O–H groups in total. The number of carbonyl (C=O) groups is 1. The monoisotopic (exact) mass is 368 g/mol. The first kappa shape index (κ1) is 17.3. The molecule has 0 saturated carbocycles. The molecule has 10 nitrogen and oxygen atoms in total. The van der Waals surface area contributed by atoms with E-state index in [1.807, 2.05) is 12.1 Å². The lowest BCUT2D eigenvalue weighted by Gasteiger charge is -2.30. The van der Waals surface area contributed by atoms with Crippen molar-refractivity contribution < 1.29 is 9.32 Å². The van der Waals surface area contributed by atoms with E-state index in [4.69, 9.17) is 10.3 Å². The van der Waals surface area contributed by atoms with E-state index >= 15 is 0 Å². The van der Waals surface area contributed by atoms with Gasteiger partial charge in [0.2, 0.25) is 11.7 Å². The van der Waals surface area contributed by atoms with Gasteiger partial charge in [0.15, 0.2) is 5.69 Å². The van der Waals surface area contributed by atoms with Crippen molar-refractivity contribution in [2.24, 2.45) is 5.73 Å². The molecule has 1 fully saturated rings. The van der Waals surface area contributed by atoms with Crippen molar-refractivity contribution in [3.63, 3.8) is 0 Å². The van der Waals surface area contributed by atoms with Crippen LogP contribution in [0.15, 0.2) is 35.2 Å². The van der Waals surface area contributed by atoms with Crippen molar-refractivity contribution in [1.82, 2.24) is 35.0 Å². The molecule has 1 amide bonds. The van der Waals surface area contributed by atoms with Crippen molar-refractivity contribution in [3.8, 4) is 11.4 Å². The van der Waals surface area contributed by atoms with Crippen LogP contribution in [-0.4, -0.2) is 60.6 Å². The Balaban J connectivity index is 1.46. The van der Waals surface area contributed by atoms with Gasteiger partial charge in [0.1, 0.15) is 0 Å². The highest BCUT2D eigenvalue weighted by Crippen LogP contribution is 2.28. The van der Waals surface area contributed by atoms with E-state index in [2.05, 4.69) is 25.4 Å². The van der Waals surface area contributed by atoms with E-state index in [0.29, 0.717) is 43.6 Å². The van der Waals surface area contributed by atoms with Crippen LogP contribution < -0.4 is 5.73 Å². The number of rotatable bonds is 5. The van der Waals surface area contributed by atoms with E-state index in [1.165, 1.54) is 0 Å². The Kier molecular flexibility index (Phi) is 4.88. The van der Waals surface area contributed by atoms with Gasteiger partial charge in [-0.15, -0.1) is 5.10 Å². The molecule has 3 aromatic rings. The largest absolute Gasteiger partial charge is 0.339 e. The van der Waals surface area contributed by atoms with E-state index in [0.717, 1.165) is 18.4 Å². The van der Waals surface area contributed by atoms with Crippen LogP contribution >= 0.6 is 0 Å². The summed E-state index contributed by atoms with van der Waals surface area (Å²) in [6.07, 6.45) is 6.76. The third-order valence-corrected chi connectivity index (χ3v) is 4.54. The lowest BCUT2D eigenvalue weighted by molar-refractivity contribution is 0.0689. The first-order valence-electron chi connectivity index (χ1n) is 8.88. The summed E-state index contributed by atoms with van der Waals surface area (Å²) < 4.78 is 7.03. The van der Waals surface area contributed by atoms with Gasteiger partial charge in [-0.05, 0) is 25.0 Å². The molecule has 4 rings (SSSR count). The first-order chi connectivity index (χ1) is 13.2. The normalized spacial score (nSPS) is 17.2.